The molecule has 1 fully saturated rings. The minimum atomic E-state index is -0.472. The average molecular weight is 352 g/mol. The maximum atomic E-state index is 12.1. The summed E-state index contributed by atoms with van der Waals surface area (Å²) in [5, 5.41) is 8.56. The zero-order valence-corrected chi connectivity index (χ0v) is 14.0. The molecule has 1 aliphatic rings. The van der Waals surface area contributed by atoms with Crippen molar-refractivity contribution in [3.63, 3.8) is 0 Å². The monoisotopic (exact) mass is 352 g/mol. The number of nitrogens with one attached hydrogen (secondary N) is 3. The Balaban J connectivity index is 1.84. The van der Waals surface area contributed by atoms with E-state index in [-0.39, 0.29) is 36.5 Å². The highest BCUT2D eigenvalue weighted by Crippen LogP contribution is 2.23. The Kier molecular flexibility index (Phi) is 6.44. The molecule has 130 valence electrons. The third-order valence-corrected chi connectivity index (χ3v) is 4.34. The molecule has 0 spiro atoms. The van der Waals surface area contributed by atoms with Crippen molar-refractivity contribution in [1.29, 1.82) is 0 Å². The Morgan fingerprint density at radius 2 is 2.17 bits per heavy atom. The lowest BCUT2D eigenvalue weighted by Gasteiger charge is -2.30. The van der Waals surface area contributed by atoms with E-state index in [2.05, 4.69) is 16.0 Å². The van der Waals surface area contributed by atoms with E-state index in [1.807, 2.05) is 6.07 Å². The molecule has 0 saturated carbocycles. The SMILES string of the molecule is COc1ccccc1NC(=O)CSC1NC(=O)CC(CC(N)=O)N1. The molecule has 8 nitrogen and oxygen atoms in total. The van der Waals surface area contributed by atoms with Gasteiger partial charge in [0.05, 0.1) is 18.6 Å². The molecule has 0 aliphatic carbocycles. The van der Waals surface area contributed by atoms with E-state index < -0.39 is 11.4 Å². The van der Waals surface area contributed by atoms with Gasteiger partial charge in [-0.15, -0.1) is 11.8 Å². The molecule has 0 bridgehead atoms. The highest BCUT2D eigenvalue weighted by Gasteiger charge is 2.27. The molecule has 0 radical (unpaired) electrons. The van der Waals surface area contributed by atoms with Gasteiger partial charge in [0.1, 0.15) is 11.2 Å². The lowest BCUT2D eigenvalue weighted by molar-refractivity contribution is -0.124. The third kappa shape index (κ3) is 5.43. The number of hydrogen-bond donors (Lipinski definition) is 4. The number of rotatable bonds is 7. The fourth-order valence-electron chi connectivity index (χ4n) is 2.30. The minimum Gasteiger partial charge on any atom is -0.495 e. The van der Waals surface area contributed by atoms with Crippen molar-refractivity contribution >= 4 is 35.2 Å². The molecule has 1 heterocycles. The van der Waals surface area contributed by atoms with Gasteiger partial charge >= 0.3 is 0 Å². The highest BCUT2D eigenvalue weighted by atomic mass is 32.2. The molecule has 3 amide bonds. The van der Waals surface area contributed by atoms with Gasteiger partial charge in [0.15, 0.2) is 0 Å². The number of para-hydroxylation sites is 2. The fourth-order valence-corrected chi connectivity index (χ4v) is 3.19. The summed E-state index contributed by atoms with van der Waals surface area (Å²) < 4.78 is 5.17. The fraction of sp³-hybridized carbons (Fsp3) is 0.400. The standard InChI is InChI=1S/C15H20N4O4S/c1-23-11-5-3-2-4-10(11)18-14(22)8-24-15-17-9(6-12(16)20)7-13(21)19-15/h2-5,9,15,17H,6-8H2,1H3,(H2,16,20)(H,18,22)(H,19,21). The number of primary amides is 1. The van der Waals surface area contributed by atoms with E-state index in [4.69, 9.17) is 10.5 Å². The van der Waals surface area contributed by atoms with E-state index in [9.17, 15) is 14.4 Å². The Morgan fingerprint density at radius 1 is 1.42 bits per heavy atom. The largest absolute Gasteiger partial charge is 0.495 e. The van der Waals surface area contributed by atoms with Crippen molar-refractivity contribution in [3.05, 3.63) is 24.3 Å². The molecular formula is C15H20N4O4S. The van der Waals surface area contributed by atoms with Crippen LogP contribution in [0.4, 0.5) is 5.69 Å². The van der Waals surface area contributed by atoms with Crippen LogP contribution < -0.4 is 26.4 Å². The van der Waals surface area contributed by atoms with Crippen LogP contribution in [0.15, 0.2) is 24.3 Å². The van der Waals surface area contributed by atoms with E-state index in [0.29, 0.717) is 11.4 Å². The van der Waals surface area contributed by atoms with Crippen LogP contribution in [0.3, 0.4) is 0 Å². The Morgan fingerprint density at radius 3 is 2.88 bits per heavy atom. The van der Waals surface area contributed by atoms with Gasteiger partial charge in [-0.3, -0.25) is 19.7 Å². The molecule has 1 aromatic rings. The minimum absolute atomic E-state index is 0.0812. The second-order valence-corrected chi connectivity index (χ2v) is 6.34. The number of methoxy groups -OCH3 is 1. The molecule has 1 aromatic carbocycles. The van der Waals surface area contributed by atoms with Gasteiger partial charge in [-0.1, -0.05) is 12.1 Å². The van der Waals surface area contributed by atoms with Gasteiger partial charge in [0, 0.05) is 18.9 Å². The van der Waals surface area contributed by atoms with Crippen LogP contribution >= 0.6 is 11.8 Å². The zero-order chi connectivity index (χ0) is 17.5. The van der Waals surface area contributed by atoms with Crippen LogP contribution in [0.25, 0.3) is 0 Å². The predicted octanol–water partition coefficient (Wildman–Crippen LogP) is 0.00400. The number of nitrogens with two attached hydrogens (primary N) is 1. The topological polar surface area (TPSA) is 123 Å². The Hall–Kier alpha value is -2.26. The number of thioether (sulfide) groups is 1. The van der Waals surface area contributed by atoms with Crippen LogP contribution in [0.2, 0.25) is 0 Å². The maximum absolute atomic E-state index is 12.1. The summed E-state index contributed by atoms with van der Waals surface area (Å²) in [6.07, 6.45) is 0.269. The van der Waals surface area contributed by atoms with Gasteiger partial charge in [0.2, 0.25) is 17.7 Å². The first-order chi connectivity index (χ1) is 11.5. The molecule has 0 aromatic heterocycles. The summed E-state index contributed by atoms with van der Waals surface area (Å²) in [5.41, 5.74) is 5.29. The second-order valence-electron chi connectivity index (χ2n) is 5.25. The number of anilines is 1. The van der Waals surface area contributed by atoms with Crippen LogP contribution in [0, 0.1) is 0 Å². The van der Waals surface area contributed by atoms with Crippen molar-refractivity contribution in [2.45, 2.75) is 24.4 Å². The zero-order valence-electron chi connectivity index (χ0n) is 13.2. The van der Waals surface area contributed by atoms with Crippen LogP contribution in [-0.4, -0.2) is 42.1 Å². The first-order valence-corrected chi connectivity index (χ1v) is 8.41. The molecule has 9 heteroatoms. The average Bonchev–Trinajstić information content (AvgIpc) is 2.52. The predicted molar refractivity (Wildman–Crippen MR) is 91.4 cm³/mol. The van der Waals surface area contributed by atoms with Gasteiger partial charge in [-0.05, 0) is 12.1 Å². The maximum Gasteiger partial charge on any atom is 0.234 e. The third-order valence-electron chi connectivity index (χ3n) is 3.32. The first kappa shape index (κ1) is 18.1. The number of amides is 3. The van der Waals surface area contributed by atoms with Crippen molar-refractivity contribution in [2.24, 2.45) is 5.73 Å². The van der Waals surface area contributed by atoms with Crippen molar-refractivity contribution < 1.29 is 19.1 Å². The van der Waals surface area contributed by atoms with Gasteiger partial charge in [0.25, 0.3) is 0 Å². The van der Waals surface area contributed by atoms with Crippen LogP contribution in [0.1, 0.15) is 12.8 Å². The normalized spacial score (nSPS) is 20.1. The van der Waals surface area contributed by atoms with Gasteiger partial charge in [-0.25, -0.2) is 0 Å². The molecule has 1 saturated heterocycles. The number of carbonyl (C=O) groups excluding carboxylic acids is 3. The van der Waals surface area contributed by atoms with E-state index in [0.717, 1.165) is 0 Å². The molecule has 2 rings (SSSR count). The highest BCUT2D eigenvalue weighted by molar-refractivity contribution is 8.00. The van der Waals surface area contributed by atoms with Gasteiger partial charge in [-0.2, -0.15) is 0 Å². The summed E-state index contributed by atoms with van der Waals surface area (Å²) in [6.45, 7) is 0. The second kappa shape index (κ2) is 8.55. The quantitative estimate of drug-likeness (QED) is 0.548. The number of carbonyl (C=O) groups is 3. The number of ether oxygens (including phenoxy) is 1. The van der Waals surface area contributed by atoms with Crippen molar-refractivity contribution in [1.82, 2.24) is 10.6 Å². The van der Waals surface area contributed by atoms with Crippen LogP contribution in [-0.2, 0) is 14.4 Å². The summed E-state index contributed by atoms with van der Waals surface area (Å²) >= 11 is 1.22. The summed E-state index contributed by atoms with van der Waals surface area (Å²) in [5.74, 6) is -0.180. The summed E-state index contributed by atoms with van der Waals surface area (Å²) in [6, 6.07) is 6.78. The van der Waals surface area contributed by atoms with Gasteiger partial charge < -0.3 is 21.1 Å². The van der Waals surface area contributed by atoms with E-state index in [1.54, 1.807) is 18.2 Å². The van der Waals surface area contributed by atoms with Crippen molar-refractivity contribution in [2.75, 3.05) is 18.2 Å². The number of hydrogen-bond acceptors (Lipinski definition) is 6. The number of benzene rings is 1. The van der Waals surface area contributed by atoms with E-state index >= 15 is 0 Å². The molecule has 2 atom stereocenters. The summed E-state index contributed by atoms with van der Waals surface area (Å²) in [4.78, 5) is 34.7. The molecule has 5 N–H and O–H groups in total. The summed E-state index contributed by atoms with van der Waals surface area (Å²) in [7, 11) is 1.53. The smallest absolute Gasteiger partial charge is 0.234 e. The lowest BCUT2D eigenvalue weighted by Crippen LogP contribution is -2.55. The van der Waals surface area contributed by atoms with Crippen LogP contribution in [0.5, 0.6) is 5.75 Å². The Labute approximate surface area is 143 Å². The Bertz CT molecular complexity index is 623. The lowest BCUT2D eigenvalue weighted by atomic mass is 10.1. The van der Waals surface area contributed by atoms with Crippen molar-refractivity contribution in [3.8, 4) is 5.75 Å². The molecule has 1 aliphatic heterocycles. The molecule has 24 heavy (non-hydrogen) atoms. The first-order valence-electron chi connectivity index (χ1n) is 7.36. The molecule has 2 unspecified atom stereocenters. The van der Waals surface area contributed by atoms with E-state index in [1.165, 1.54) is 18.9 Å². The molecular weight excluding hydrogens is 332 g/mol.